The molecule has 0 bridgehead atoms. The van der Waals surface area contributed by atoms with Crippen LogP contribution in [0.3, 0.4) is 0 Å². The first-order valence-corrected chi connectivity index (χ1v) is 11.4. The number of nitrogens with zero attached hydrogens (tertiary/aromatic N) is 5. The molecular weight excluding hydrogens is 489 g/mol. The number of pyridine rings is 1. The Morgan fingerprint density at radius 2 is 1.89 bits per heavy atom. The van der Waals surface area contributed by atoms with Gasteiger partial charge in [-0.15, -0.1) is 0 Å². The van der Waals surface area contributed by atoms with Crippen molar-refractivity contribution in [1.82, 2.24) is 24.5 Å². The second-order valence-electron chi connectivity index (χ2n) is 8.43. The summed E-state index contributed by atoms with van der Waals surface area (Å²) in [6.45, 7) is 3.63. The molecule has 0 saturated carbocycles. The van der Waals surface area contributed by atoms with Crippen LogP contribution in [-0.2, 0) is 17.5 Å². The first-order valence-electron chi connectivity index (χ1n) is 11.4. The highest BCUT2D eigenvalue weighted by atomic mass is 19.4. The van der Waals surface area contributed by atoms with Gasteiger partial charge in [-0.25, -0.2) is 19.3 Å². The van der Waals surface area contributed by atoms with E-state index in [1.807, 2.05) is 6.07 Å². The van der Waals surface area contributed by atoms with Gasteiger partial charge in [-0.05, 0) is 36.4 Å². The second kappa shape index (κ2) is 10.0. The summed E-state index contributed by atoms with van der Waals surface area (Å²) < 4.78 is 45.9. The first-order chi connectivity index (χ1) is 17.8. The van der Waals surface area contributed by atoms with E-state index in [9.17, 15) is 18.0 Å². The molecular formula is C24H23F3N8O2. The van der Waals surface area contributed by atoms with E-state index in [1.165, 1.54) is 18.5 Å². The molecule has 0 unspecified atom stereocenters. The summed E-state index contributed by atoms with van der Waals surface area (Å²) in [5.74, 6) is 0.537. The minimum absolute atomic E-state index is 0.00694. The fourth-order valence-corrected chi connectivity index (χ4v) is 4.13. The third kappa shape index (κ3) is 5.47. The normalized spacial score (nSPS) is 14.6. The number of carbonyl (C=O) groups is 1. The van der Waals surface area contributed by atoms with E-state index >= 15 is 0 Å². The van der Waals surface area contributed by atoms with Crippen molar-refractivity contribution in [2.45, 2.75) is 12.7 Å². The molecule has 3 aromatic heterocycles. The van der Waals surface area contributed by atoms with Crippen LogP contribution in [0.2, 0.25) is 0 Å². The van der Waals surface area contributed by atoms with Gasteiger partial charge in [0.2, 0.25) is 0 Å². The van der Waals surface area contributed by atoms with E-state index in [1.54, 1.807) is 22.8 Å². The van der Waals surface area contributed by atoms with Crippen molar-refractivity contribution in [3.05, 3.63) is 66.2 Å². The molecule has 5 rings (SSSR count). The Bertz CT molecular complexity index is 1420. The fraction of sp³-hybridized carbons (Fsp3) is 0.250. The van der Waals surface area contributed by atoms with Crippen molar-refractivity contribution in [1.29, 1.82) is 0 Å². The van der Waals surface area contributed by atoms with Gasteiger partial charge in [-0.3, -0.25) is 10.2 Å². The number of halogens is 3. The molecule has 0 aliphatic carbocycles. The van der Waals surface area contributed by atoms with Crippen LogP contribution in [-0.4, -0.2) is 56.8 Å². The number of fused-ring (bicyclic) bond motifs is 1. The smallest absolute Gasteiger partial charge is 0.382 e. The number of aromatic nitrogens is 4. The van der Waals surface area contributed by atoms with Gasteiger partial charge in [0.15, 0.2) is 5.82 Å². The molecule has 10 nitrogen and oxygen atoms in total. The number of carbonyl (C=O) groups excluding carboxylic acids is 1. The summed E-state index contributed by atoms with van der Waals surface area (Å²) in [5, 5.41) is 9.29. The van der Waals surface area contributed by atoms with Crippen molar-refractivity contribution in [2.75, 3.05) is 42.7 Å². The predicted octanol–water partition coefficient (Wildman–Crippen LogP) is 3.87. The van der Waals surface area contributed by atoms with Crippen LogP contribution in [0.1, 0.15) is 11.3 Å². The lowest BCUT2D eigenvalue weighted by molar-refractivity contribution is -0.137. The molecule has 1 aromatic carbocycles. The monoisotopic (exact) mass is 512 g/mol. The standard InChI is InChI=1S/C24H23F3N8O2/c25-24(26,27)16-2-1-3-17(10-16)32-23(36)33-20-5-4-15(12-29-20)19-11-18(13-34-6-8-37-9-7-34)35-21(19)22(28)30-14-31-35/h1-5,10-12,14H,6-9,13H2,(H2,28,30,31)(H2,29,32,33,36). The number of nitrogens with one attached hydrogen (secondary N) is 2. The van der Waals surface area contributed by atoms with E-state index < -0.39 is 17.8 Å². The molecule has 1 fully saturated rings. The van der Waals surface area contributed by atoms with Gasteiger partial charge in [0.05, 0.1) is 24.5 Å². The van der Waals surface area contributed by atoms with E-state index in [4.69, 9.17) is 10.5 Å². The molecule has 13 heteroatoms. The van der Waals surface area contributed by atoms with E-state index in [-0.39, 0.29) is 11.5 Å². The maximum Gasteiger partial charge on any atom is 0.416 e. The summed E-state index contributed by atoms with van der Waals surface area (Å²) in [6.07, 6.45) is -1.53. The van der Waals surface area contributed by atoms with Crippen molar-refractivity contribution in [3.63, 3.8) is 0 Å². The predicted molar refractivity (Wildman–Crippen MR) is 131 cm³/mol. The molecule has 1 aliphatic heterocycles. The van der Waals surface area contributed by atoms with Crippen LogP contribution < -0.4 is 16.4 Å². The number of nitrogen functional groups attached to an aromatic ring is 1. The van der Waals surface area contributed by atoms with Gasteiger partial charge < -0.3 is 15.8 Å². The lowest BCUT2D eigenvalue weighted by Crippen LogP contribution is -2.36. The van der Waals surface area contributed by atoms with E-state index in [0.717, 1.165) is 42.0 Å². The molecule has 1 saturated heterocycles. The number of alkyl halides is 3. The van der Waals surface area contributed by atoms with Gasteiger partial charge in [0.25, 0.3) is 0 Å². The van der Waals surface area contributed by atoms with Gasteiger partial charge >= 0.3 is 12.2 Å². The van der Waals surface area contributed by atoms with Crippen LogP contribution in [0.4, 0.5) is 35.3 Å². The maximum atomic E-state index is 12.9. The molecule has 0 radical (unpaired) electrons. The van der Waals surface area contributed by atoms with Gasteiger partial charge in [-0.1, -0.05) is 6.07 Å². The van der Waals surface area contributed by atoms with Gasteiger partial charge in [-0.2, -0.15) is 18.3 Å². The van der Waals surface area contributed by atoms with Crippen LogP contribution in [0, 0.1) is 0 Å². The van der Waals surface area contributed by atoms with Crippen LogP contribution in [0.15, 0.2) is 55.0 Å². The number of urea groups is 1. The second-order valence-corrected chi connectivity index (χ2v) is 8.43. The zero-order valence-corrected chi connectivity index (χ0v) is 19.5. The number of anilines is 3. The van der Waals surface area contributed by atoms with Crippen LogP contribution in [0.5, 0.6) is 0 Å². The van der Waals surface area contributed by atoms with Crippen molar-refractivity contribution >= 4 is 28.9 Å². The summed E-state index contributed by atoms with van der Waals surface area (Å²) in [4.78, 5) is 23.0. The van der Waals surface area contributed by atoms with E-state index in [0.29, 0.717) is 31.1 Å². The summed E-state index contributed by atoms with van der Waals surface area (Å²) in [7, 11) is 0. The molecule has 192 valence electrons. The Morgan fingerprint density at radius 3 is 2.62 bits per heavy atom. The zero-order valence-electron chi connectivity index (χ0n) is 19.5. The minimum atomic E-state index is -4.51. The van der Waals surface area contributed by atoms with E-state index in [2.05, 4.69) is 30.6 Å². The highest BCUT2D eigenvalue weighted by molar-refractivity contribution is 5.99. The highest BCUT2D eigenvalue weighted by Gasteiger charge is 2.30. The number of amides is 2. The molecule has 4 heterocycles. The quantitative estimate of drug-likeness (QED) is 0.371. The Morgan fingerprint density at radius 1 is 1.08 bits per heavy atom. The molecule has 0 spiro atoms. The third-order valence-electron chi connectivity index (χ3n) is 5.91. The van der Waals surface area contributed by atoms with Crippen LogP contribution >= 0.6 is 0 Å². The number of nitrogens with two attached hydrogens (primary N) is 1. The lowest BCUT2D eigenvalue weighted by Gasteiger charge is -2.26. The summed E-state index contributed by atoms with van der Waals surface area (Å²) >= 11 is 0. The average Bonchev–Trinajstić information content (AvgIpc) is 3.24. The van der Waals surface area contributed by atoms with Crippen LogP contribution in [0.25, 0.3) is 16.6 Å². The number of morpholine rings is 1. The van der Waals surface area contributed by atoms with Gasteiger partial charge in [0, 0.05) is 42.6 Å². The fourth-order valence-electron chi connectivity index (χ4n) is 4.13. The zero-order chi connectivity index (χ0) is 26.0. The molecule has 1 aliphatic rings. The van der Waals surface area contributed by atoms with Crippen molar-refractivity contribution in [3.8, 4) is 11.1 Å². The number of rotatable bonds is 5. The molecule has 0 atom stereocenters. The van der Waals surface area contributed by atoms with Gasteiger partial charge in [0.1, 0.15) is 17.7 Å². The Balaban J connectivity index is 1.33. The Labute approximate surface area is 209 Å². The molecule has 2 amide bonds. The highest BCUT2D eigenvalue weighted by Crippen LogP contribution is 2.32. The molecule has 37 heavy (non-hydrogen) atoms. The molecule has 4 N–H and O–H groups in total. The average molecular weight is 512 g/mol. The maximum absolute atomic E-state index is 12.9. The SMILES string of the molecule is Nc1ncnn2c(CN3CCOCC3)cc(-c3ccc(NC(=O)Nc4cccc(C(F)(F)F)c4)nc3)c12. The first kappa shape index (κ1) is 24.5. The third-order valence-corrected chi connectivity index (χ3v) is 5.91. The number of hydrogen-bond acceptors (Lipinski definition) is 7. The number of ether oxygens (including phenoxy) is 1. The summed E-state index contributed by atoms with van der Waals surface area (Å²) in [6, 6.07) is 8.98. The Hall–Kier alpha value is -4.23. The minimum Gasteiger partial charge on any atom is -0.382 e. The Kier molecular flexibility index (Phi) is 6.63. The largest absolute Gasteiger partial charge is 0.416 e. The molecule has 4 aromatic rings. The number of hydrogen-bond donors (Lipinski definition) is 3. The van der Waals surface area contributed by atoms with Crippen molar-refractivity contribution in [2.24, 2.45) is 0 Å². The number of benzene rings is 1. The summed E-state index contributed by atoms with van der Waals surface area (Å²) in [5.41, 5.74) is 8.44. The lowest BCUT2D eigenvalue weighted by atomic mass is 10.1. The topological polar surface area (TPSA) is 123 Å². The van der Waals surface area contributed by atoms with Crippen molar-refractivity contribution < 1.29 is 22.7 Å².